The Bertz CT molecular complexity index is 741. The van der Waals surface area contributed by atoms with Crippen molar-refractivity contribution in [1.29, 1.82) is 0 Å². The number of methoxy groups -OCH3 is 4. The number of hydrogen-bond donors (Lipinski definition) is 1. The molecule has 0 saturated heterocycles. The lowest BCUT2D eigenvalue weighted by Gasteiger charge is -2.15. The van der Waals surface area contributed by atoms with E-state index in [0.29, 0.717) is 42.7 Å². The van der Waals surface area contributed by atoms with Crippen LogP contribution in [-0.4, -0.2) is 35.0 Å². The zero-order valence-electron chi connectivity index (χ0n) is 16.3. The zero-order valence-corrected chi connectivity index (χ0v) is 17.9. The Morgan fingerprint density at radius 3 is 1.74 bits per heavy atom. The summed E-state index contributed by atoms with van der Waals surface area (Å²) in [5.74, 6) is 3.28. The minimum absolute atomic E-state index is 0.575. The minimum Gasteiger partial charge on any atom is -0.493 e. The molecule has 0 heterocycles. The fourth-order valence-electron chi connectivity index (χ4n) is 2.77. The quantitative estimate of drug-likeness (QED) is 0.599. The van der Waals surface area contributed by atoms with Crippen LogP contribution in [0.3, 0.4) is 0 Å². The van der Waals surface area contributed by atoms with E-state index in [1.807, 2.05) is 31.2 Å². The molecule has 0 fully saturated rings. The van der Waals surface area contributed by atoms with E-state index < -0.39 is 0 Å². The Kier molecular flexibility index (Phi) is 8.06. The lowest BCUT2D eigenvalue weighted by atomic mass is 10.1. The highest BCUT2D eigenvalue weighted by molar-refractivity contribution is 9.10. The first-order chi connectivity index (χ1) is 13.1. The first-order valence-electron chi connectivity index (χ1n) is 8.56. The van der Waals surface area contributed by atoms with Crippen LogP contribution in [0.2, 0.25) is 0 Å². The van der Waals surface area contributed by atoms with E-state index in [0.717, 1.165) is 21.3 Å². The van der Waals surface area contributed by atoms with Gasteiger partial charge in [-0.05, 0) is 58.2 Å². The second-order valence-corrected chi connectivity index (χ2v) is 6.53. The smallest absolute Gasteiger partial charge is 0.203 e. The van der Waals surface area contributed by atoms with Gasteiger partial charge in [0.05, 0.1) is 39.5 Å². The van der Waals surface area contributed by atoms with Crippen molar-refractivity contribution in [1.82, 2.24) is 5.32 Å². The highest BCUT2D eigenvalue weighted by atomic mass is 79.9. The van der Waals surface area contributed by atoms with E-state index >= 15 is 0 Å². The van der Waals surface area contributed by atoms with Crippen molar-refractivity contribution in [3.63, 3.8) is 0 Å². The van der Waals surface area contributed by atoms with E-state index in [2.05, 4.69) is 21.2 Å². The lowest BCUT2D eigenvalue weighted by molar-refractivity contribution is 0.309. The molecule has 2 rings (SSSR count). The predicted octanol–water partition coefficient (Wildman–Crippen LogP) is 4.17. The monoisotopic (exact) mass is 439 g/mol. The van der Waals surface area contributed by atoms with Gasteiger partial charge in [0.15, 0.2) is 23.0 Å². The molecule has 0 atom stereocenters. The van der Waals surface area contributed by atoms with Gasteiger partial charge in [-0.15, -0.1) is 0 Å². The number of hydrogen-bond acceptors (Lipinski definition) is 6. The second-order valence-electron chi connectivity index (χ2n) is 5.68. The average Bonchev–Trinajstić information content (AvgIpc) is 2.67. The molecule has 0 radical (unpaired) electrons. The average molecular weight is 440 g/mol. The highest BCUT2D eigenvalue weighted by Gasteiger charge is 2.14. The number of benzene rings is 2. The number of halogens is 1. The minimum atomic E-state index is 0.575. The Morgan fingerprint density at radius 2 is 1.26 bits per heavy atom. The van der Waals surface area contributed by atoms with Crippen LogP contribution in [0.1, 0.15) is 18.1 Å². The molecule has 2 aromatic rings. The van der Waals surface area contributed by atoms with Crippen molar-refractivity contribution in [2.24, 2.45) is 0 Å². The van der Waals surface area contributed by atoms with E-state index in [-0.39, 0.29) is 0 Å². The molecular weight excluding hydrogens is 414 g/mol. The standard InChI is InChI=1S/C20H26BrNO5/c1-6-27-18-10-13(7-15(21)19(18)25-4)11-22-12-14-8-16(23-2)20(26-5)17(9-14)24-3/h7-10,22H,6,11-12H2,1-5H3. The third-order valence-corrected chi connectivity index (χ3v) is 4.55. The van der Waals surface area contributed by atoms with Crippen LogP contribution < -0.4 is 29.0 Å². The molecule has 0 spiro atoms. The molecule has 0 aliphatic carbocycles. The third-order valence-electron chi connectivity index (χ3n) is 3.96. The molecule has 0 aliphatic heterocycles. The first-order valence-corrected chi connectivity index (χ1v) is 9.35. The van der Waals surface area contributed by atoms with Gasteiger partial charge in [0, 0.05) is 13.1 Å². The fraction of sp³-hybridized carbons (Fsp3) is 0.400. The maximum absolute atomic E-state index is 5.67. The van der Waals surface area contributed by atoms with Gasteiger partial charge in [-0.25, -0.2) is 0 Å². The molecule has 0 unspecified atom stereocenters. The molecule has 6 nitrogen and oxygen atoms in total. The molecule has 0 aromatic heterocycles. The third kappa shape index (κ3) is 5.20. The Balaban J connectivity index is 2.12. The summed E-state index contributed by atoms with van der Waals surface area (Å²) >= 11 is 3.54. The maximum atomic E-state index is 5.67. The van der Waals surface area contributed by atoms with Crippen molar-refractivity contribution in [2.75, 3.05) is 35.0 Å². The number of nitrogens with one attached hydrogen (secondary N) is 1. The van der Waals surface area contributed by atoms with Crippen molar-refractivity contribution in [2.45, 2.75) is 20.0 Å². The summed E-state index contributed by atoms with van der Waals surface area (Å²) in [6.45, 7) is 3.83. The fourth-order valence-corrected chi connectivity index (χ4v) is 3.42. The van der Waals surface area contributed by atoms with Gasteiger partial charge in [0.1, 0.15) is 0 Å². The van der Waals surface area contributed by atoms with E-state index in [9.17, 15) is 0 Å². The van der Waals surface area contributed by atoms with Crippen LogP contribution in [0, 0.1) is 0 Å². The van der Waals surface area contributed by atoms with Gasteiger partial charge in [0.25, 0.3) is 0 Å². The Hall–Kier alpha value is -2.12. The first kappa shape index (κ1) is 21.2. The summed E-state index contributed by atoms with van der Waals surface area (Å²) in [6.07, 6.45) is 0. The van der Waals surface area contributed by atoms with Crippen LogP contribution in [0.5, 0.6) is 28.7 Å². The second kappa shape index (κ2) is 10.3. The summed E-state index contributed by atoms with van der Waals surface area (Å²) in [6, 6.07) is 7.87. The molecule has 0 amide bonds. The summed E-state index contributed by atoms with van der Waals surface area (Å²) in [5, 5.41) is 3.42. The maximum Gasteiger partial charge on any atom is 0.203 e. The topological polar surface area (TPSA) is 58.2 Å². The summed E-state index contributed by atoms with van der Waals surface area (Å²) in [7, 11) is 6.44. The summed E-state index contributed by atoms with van der Waals surface area (Å²) in [4.78, 5) is 0. The van der Waals surface area contributed by atoms with Gasteiger partial charge >= 0.3 is 0 Å². The number of rotatable bonds is 10. The molecule has 148 valence electrons. The van der Waals surface area contributed by atoms with E-state index in [1.165, 1.54) is 0 Å². The molecule has 0 bridgehead atoms. The van der Waals surface area contributed by atoms with Crippen LogP contribution in [0.15, 0.2) is 28.7 Å². The van der Waals surface area contributed by atoms with Crippen molar-refractivity contribution < 1.29 is 23.7 Å². The Morgan fingerprint density at radius 1 is 0.741 bits per heavy atom. The summed E-state index contributed by atoms with van der Waals surface area (Å²) < 4.78 is 28.1. The van der Waals surface area contributed by atoms with E-state index in [4.69, 9.17) is 23.7 Å². The highest BCUT2D eigenvalue weighted by Crippen LogP contribution is 2.38. The zero-order chi connectivity index (χ0) is 19.8. The van der Waals surface area contributed by atoms with Gasteiger partial charge < -0.3 is 29.0 Å². The molecule has 0 saturated carbocycles. The van der Waals surface area contributed by atoms with Crippen molar-refractivity contribution >= 4 is 15.9 Å². The largest absolute Gasteiger partial charge is 0.493 e. The van der Waals surface area contributed by atoms with Crippen molar-refractivity contribution in [3.8, 4) is 28.7 Å². The van der Waals surface area contributed by atoms with Crippen LogP contribution in [0.25, 0.3) is 0 Å². The van der Waals surface area contributed by atoms with E-state index in [1.54, 1.807) is 28.4 Å². The van der Waals surface area contributed by atoms with Gasteiger partial charge in [-0.3, -0.25) is 0 Å². The van der Waals surface area contributed by atoms with Gasteiger partial charge in [0.2, 0.25) is 5.75 Å². The van der Waals surface area contributed by atoms with Gasteiger partial charge in [-0.1, -0.05) is 0 Å². The SMILES string of the molecule is CCOc1cc(CNCc2cc(OC)c(OC)c(OC)c2)cc(Br)c1OC. The number of ether oxygens (including phenoxy) is 5. The molecule has 1 N–H and O–H groups in total. The predicted molar refractivity (Wildman–Crippen MR) is 109 cm³/mol. The van der Waals surface area contributed by atoms with Crippen LogP contribution in [-0.2, 0) is 13.1 Å². The molecule has 27 heavy (non-hydrogen) atoms. The van der Waals surface area contributed by atoms with Crippen LogP contribution in [0.4, 0.5) is 0 Å². The molecule has 2 aromatic carbocycles. The normalized spacial score (nSPS) is 10.4. The lowest BCUT2D eigenvalue weighted by Crippen LogP contribution is -2.13. The van der Waals surface area contributed by atoms with Crippen LogP contribution >= 0.6 is 15.9 Å². The van der Waals surface area contributed by atoms with Crippen molar-refractivity contribution in [3.05, 3.63) is 39.9 Å². The van der Waals surface area contributed by atoms with Gasteiger partial charge in [-0.2, -0.15) is 0 Å². The molecule has 7 heteroatoms. The Labute approximate surface area is 168 Å². The summed E-state index contributed by atoms with van der Waals surface area (Å²) in [5.41, 5.74) is 2.11. The molecule has 0 aliphatic rings. The molecular formula is C20H26BrNO5.